The van der Waals surface area contributed by atoms with Crippen LogP contribution in [0.4, 0.5) is 0 Å². The number of ketones is 1. The molecule has 0 bridgehead atoms. The molecule has 1 unspecified atom stereocenters. The highest BCUT2D eigenvalue weighted by atomic mass is 79.9. The molecule has 1 aromatic carbocycles. The molecule has 0 aliphatic rings. The zero-order valence-corrected chi connectivity index (χ0v) is 12.3. The molecule has 1 rings (SSSR count). The molecule has 17 heavy (non-hydrogen) atoms. The average molecular weight is 320 g/mol. The summed E-state index contributed by atoms with van der Waals surface area (Å²) in [6.45, 7) is 4.43. The van der Waals surface area contributed by atoms with E-state index in [9.17, 15) is 4.79 Å². The fraction of sp³-hybridized carbons (Fsp3) is 0.462. The number of carbonyl (C=O) groups excluding carboxylic acids is 1. The van der Waals surface area contributed by atoms with Gasteiger partial charge >= 0.3 is 0 Å². The molecule has 0 aliphatic heterocycles. The molecule has 0 N–H and O–H groups in total. The largest absolute Gasteiger partial charge is 0.366 e. The number of rotatable bonds is 6. The highest BCUT2D eigenvalue weighted by Gasteiger charge is 2.21. The van der Waals surface area contributed by atoms with E-state index in [-0.39, 0.29) is 5.78 Å². The van der Waals surface area contributed by atoms with E-state index < -0.39 is 6.10 Å². The first-order valence-corrected chi connectivity index (χ1v) is 6.86. The van der Waals surface area contributed by atoms with E-state index in [2.05, 4.69) is 15.9 Å². The van der Waals surface area contributed by atoms with Gasteiger partial charge in [-0.2, -0.15) is 0 Å². The molecule has 2 nitrogen and oxygen atoms in total. The Morgan fingerprint density at radius 3 is 2.71 bits per heavy atom. The molecule has 0 radical (unpaired) electrons. The topological polar surface area (TPSA) is 26.3 Å². The van der Waals surface area contributed by atoms with Crippen molar-refractivity contribution < 1.29 is 9.53 Å². The Kier molecular flexibility index (Phi) is 6.17. The lowest BCUT2D eigenvalue weighted by Gasteiger charge is -2.17. The van der Waals surface area contributed by atoms with Crippen LogP contribution in [0.15, 0.2) is 22.7 Å². The van der Waals surface area contributed by atoms with Crippen molar-refractivity contribution in [3.8, 4) is 0 Å². The fourth-order valence-corrected chi connectivity index (χ4v) is 2.38. The van der Waals surface area contributed by atoms with E-state index in [0.29, 0.717) is 18.1 Å². The lowest BCUT2D eigenvalue weighted by Crippen LogP contribution is -2.16. The van der Waals surface area contributed by atoms with Crippen molar-refractivity contribution >= 4 is 33.3 Å². The van der Waals surface area contributed by atoms with Crippen molar-refractivity contribution in [1.29, 1.82) is 0 Å². The van der Waals surface area contributed by atoms with Crippen LogP contribution in [-0.2, 0) is 9.53 Å². The maximum absolute atomic E-state index is 11.9. The van der Waals surface area contributed by atoms with Crippen LogP contribution in [0.25, 0.3) is 0 Å². The van der Waals surface area contributed by atoms with E-state index in [0.717, 1.165) is 16.5 Å². The molecule has 0 fully saturated rings. The molecule has 0 aromatic heterocycles. The smallest absolute Gasteiger partial charge is 0.165 e. The van der Waals surface area contributed by atoms with Crippen molar-refractivity contribution in [2.75, 3.05) is 6.61 Å². The van der Waals surface area contributed by atoms with Gasteiger partial charge in [0.25, 0.3) is 0 Å². The Morgan fingerprint density at radius 1 is 1.47 bits per heavy atom. The van der Waals surface area contributed by atoms with Crippen LogP contribution in [0.5, 0.6) is 0 Å². The molecule has 0 saturated carbocycles. The summed E-state index contributed by atoms with van der Waals surface area (Å²) in [4.78, 5) is 11.9. The Labute approximate surface area is 115 Å². The molecule has 0 saturated heterocycles. The molecular weight excluding hydrogens is 303 g/mol. The van der Waals surface area contributed by atoms with Crippen LogP contribution >= 0.6 is 27.5 Å². The Balaban J connectivity index is 2.99. The predicted octanol–water partition coefficient (Wildman–Crippen LogP) is 4.55. The fourth-order valence-electron chi connectivity index (χ4n) is 1.49. The van der Waals surface area contributed by atoms with Crippen molar-refractivity contribution in [2.24, 2.45) is 0 Å². The van der Waals surface area contributed by atoms with Gasteiger partial charge in [-0.1, -0.05) is 47.4 Å². The van der Waals surface area contributed by atoms with E-state index >= 15 is 0 Å². The molecule has 0 spiro atoms. The summed E-state index contributed by atoms with van der Waals surface area (Å²) >= 11 is 9.30. The summed E-state index contributed by atoms with van der Waals surface area (Å²) in [7, 11) is 0. The van der Waals surface area contributed by atoms with Gasteiger partial charge in [-0.05, 0) is 18.6 Å². The van der Waals surface area contributed by atoms with Crippen molar-refractivity contribution in [3.05, 3.63) is 33.3 Å². The van der Waals surface area contributed by atoms with Crippen molar-refractivity contribution in [1.82, 2.24) is 0 Å². The summed E-state index contributed by atoms with van der Waals surface area (Å²) < 4.78 is 6.44. The Bertz CT molecular complexity index is 393. The van der Waals surface area contributed by atoms with Gasteiger partial charge in [0.2, 0.25) is 0 Å². The average Bonchev–Trinajstić information content (AvgIpc) is 2.31. The van der Waals surface area contributed by atoms with E-state index in [1.807, 2.05) is 19.9 Å². The highest BCUT2D eigenvalue weighted by Crippen LogP contribution is 2.30. The van der Waals surface area contributed by atoms with Gasteiger partial charge in [0.1, 0.15) is 6.10 Å². The summed E-state index contributed by atoms with van der Waals surface area (Å²) in [6.07, 6.45) is 0.855. The molecule has 0 heterocycles. The van der Waals surface area contributed by atoms with E-state index in [1.165, 1.54) is 0 Å². The first-order chi connectivity index (χ1) is 8.10. The van der Waals surface area contributed by atoms with E-state index in [4.69, 9.17) is 16.3 Å². The third kappa shape index (κ3) is 4.09. The third-order valence-corrected chi connectivity index (χ3v) is 3.30. The van der Waals surface area contributed by atoms with Gasteiger partial charge in [-0.3, -0.25) is 4.79 Å². The number of Topliss-reactive ketones (excluding diaryl/α,β-unsaturated/α-hetero) is 1. The Morgan fingerprint density at radius 2 is 2.18 bits per heavy atom. The number of carbonyl (C=O) groups is 1. The van der Waals surface area contributed by atoms with Gasteiger partial charge in [0.05, 0.1) is 0 Å². The third-order valence-electron chi connectivity index (χ3n) is 2.37. The zero-order valence-electron chi connectivity index (χ0n) is 10.0. The van der Waals surface area contributed by atoms with E-state index in [1.54, 1.807) is 12.1 Å². The lowest BCUT2D eigenvalue weighted by molar-refractivity contribution is -0.130. The van der Waals surface area contributed by atoms with Crippen LogP contribution in [0.3, 0.4) is 0 Å². The number of ether oxygens (including phenoxy) is 1. The van der Waals surface area contributed by atoms with Crippen LogP contribution < -0.4 is 0 Å². The summed E-state index contributed by atoms with van der Waals surface area (Å²) in [5, 5.41) is 0.638. The molecular formula is C13H16BrClO2. The Hall–Kier alpha value is -0.380. The van der Waals surface area contributed by atoms with Gasteiger partial charge in [0.15, 0.2) is 5.78 Å². The van der Waals surface area contributed by atoms with Crippen LogP contribution in [0.2, 0.25) is 5.02 Å². The van der Waals surface area contributed by atoms with Crippen molar-refractivity contribution in [2.45, 2.75) is 32.8 Å². The monoisotopic (exact) mass is 318 g/mol. The van der Waals surface area contributed by atoms with Gasteiger partial charge in [-0.15, -0.1) is 0 Å². The maximum atomic E-state index is 11.9. The number of hydrogen-bond donors (Lipinski definition) is 0. The van der Waals surface area contributed by atoms with Gasteiger partial charge in [0, 0.05) is 28.1 Å². The van der Waals surface area contributed by atoms with Crippen LogP contribution in [-0.4, -0.2) is 12.4 Å². The standard InChI is InChI=1S/C13H16BrClO2/c1-3-7-17-13(12(16)4-2)10-6-5-9(15)8-11(10)14/h5-6,8,13H,3-4,7H2,1-2H3. The predicted molar refractivity (Wildman–Crippen MR) is 73.4 cm³/mol. The van der Waals surface area contributed by atoms with Crippen molar-refractivity contribution in [3.63, 3.8) is 0 Å². The summed E-state index contributed by atoms with van der Waals surface area (Å²) in [5.74, 6) is 0.0847. The van der Waals surface area contributed by atoms with Gasteiger partial charge in [-0.25, -0.2) is 0 Å². The minimum atomic E-state index is -0.494. The van der Waals surface area contributed by atoms with Gasteiger partial charge < -0.3 is 4.74 Å². The first kappa shape index (κ1) is 14.7. The molecule has 4 heteroatoms. The van der Waals surface area contributed by atoms with Crippen LogP contribution in [0.1, 0.15) is 38.4 Å². The second-order valence-electron chi connectivity index (χ2n) is 3.74. The highest BCUT2D eigenvalue weighted by molar-refractivity contribution is 9.10. The normalized spacial score (nSPS) is 12.5. The first-order valence-electron chi connectivity index (χ1n) is 5.69. The summed E-state index contributed by atoms with van der Waals surface area (Å²) in [5.41, 5.74) is 0.842. The minimum Gasteiger partial charge on any atom is -0.366 e. The number of benzene rings is 1. The zero-order chi connectivity index (χ0) is 12.8. The molecule has 1 aromatic rings. The second kappa shape index (κ2) is 7.14. The molecule has 0 aliphatic carbocycles. The number of halogens is 2. The van der Waals surface area contributed by atoms with Crippen LogP contribution in [0, 0.1) is 0 Å². The SMILES string of the molecule is CCCOC(C(=O)CC)c1ccc(Cl)cc1Br. The minimum absolute atomic E-state index is 0.0847. The summed E-state index contributed by atoms with van der Waals surface area (Å²) in [6, 6.07) is 5.38. The molecule has 94 valence electrons. The maximum Gasteiger partial charge on any atom is 0.165 e. The second-order valence-corrected chi connectivity index (χ2v) is 5.03. The quantitative estimate of drug-likeness (QED) is 0.769. The molecule has 1 atom stereocenters. The molecule has 0 amide bonds. The number of hydrogen-bond acceptors (Lipinski definition) is 2. The lowest BCUT2D eigenvalue weighted by atomic mass is 10.0.